The Bertz CT molecular complexity index is 416. The summed E-state index contributed by atoms with van der Waals surface area (Å²) in [6, 6.07) is 0. The van der Waals surface area contributed by atoms with E-state index in [0.717, 1.165) is 6.42 Å². The summed E-state index contributed by atoms with van der Waals surface area (Å²) in [5, 5.41) is 11.8. The number of hydrogen-bond acceptors (Lipinski definition) is 3. The smallest absolute Gasteiger partial charge is 0.311 e. The van der Waals surface area contributed by atoms with E-state index in [9.17, 15) is 14.4 Å². The summed E-state index contributed by atoms with van der Waals surface area (Å²) >= 11 is 0. The molecule has 1 rings (SSSR count). The third kappa shape index (κ3) is 3.93. The molecule has 2 N–H and O–H groups in total. The number of hydrogen-bond donors (Lipinski definition) is 2. The van der Waals surface area contributed by atoms with Gasteiger partial charge in [0.05, 0.1) is 27.7 Å². The van der Waals surface area contributed by atoms with Crippen LogP contribution in [0.1, 0.15) is 26.2 Å². The summed E-state index contributed by atoms with van der Waals surface area (Å²) in [6.07, 6.45) is 1.07. The van der Waals surface area contributed by atoms with Gasteiger partial charge in [-0.15, -0.1) is 0 Å². The molecule has 0 bridgehead atoms. The maximum absolute atomic E-state index is 12.1. The highest BCUT2D eigenvalue weighted by Gasteiger charge is 2.42. The number of rotatable bonds is 6. The van der Waals surface area contributed by atoms with Crippen LogP contribution in [0.15, 0.2) is 0 Å². The van der Waals surface area contributed by atoms with Gasteiger partial charge in [0.2, 0.25) is 11.8 Å². The predicted molar refractivity (Wildman–Crippen MR) is 72.6 cm³/mol. The number of amides is 2. The molecule has 1 atom stereocenters. The SMILES string of the molecule is CC(CC(=O)O)(NC(=O)CN1CCCC1=O)[N+](C)(C)C. The zero-order valence-corrected chi connectivity index (χ0v) is 12.6. The molecule has 0 aromatic rings. The van der Waals surface area contributed by atoms with Crippen molar-refractivity contribution in [2.75, 3.05) is 34.2 Å². The van der Waals surface area contributed by atoms with E-state index in [1.807, 2.05) is 21.1 Å². The van der Waals surface area contributed by atoms with Gasteiger partial charge in [0.15, 0.2) is 5.66 Å². The number of likely N-dealkylation sites (tertiary alicyclic amines) is 1. The fraction of sp³-hybridized carbons (Fsp3) is 0.769. The Kier molecular flexibility index (Phi) is 4.75. The fourth-order valence-electron chi connectivity index (χ4n) is 2.13. The second kappa shape index (κ2) is 5.78. The molecule has 2 amide bonds. The van der Waals surface area contributed by atoms with Crippen molar-refractivity contribution in [3.05, 3.63) is 0 Å². The highest BCUT2D eigenvalue weighted by Crippen LogP contribution is 2.19. The molecule has 0 saturated carbocycles. The predicted octanol–water partition coefficient (Wildman–Crippen LogP) is -0.378. The molecule has 0 aliphatic carbocycles. The molecule has 7 nitrogen and oxygen atoms in total. The quantitative estimate of drug-likeness (QED) is 0.515. The second-order valence-corrected chi connectivity index (χ2v) is 6.32. The molecule has 1 aliphatic heterocycles. The molecule has 1 heterocycles. The first-order valence-corrected chi connectivity index (χ1v) is 6.67. The van der Waals surface area contributed by atoms with Crippen molar-refractivity contribution in [1.29, 1.82) is 0 Å². The first-order valence-electron chi connectivity index (χ1n) is 6.67. The topological polar surface area (TPSA) is 86.7 Å². The Hall–Kier alpha value is -1.63. The lowest BCUT2D eigenvalue weighted by atomic mass is 10.0. The van der Waals surface area contributed by atoms with E-state index in [2.05, 4.69) is 5.32 Å². The van der Waals surface area contributed by atoms with E-state index in [1.165, 1.54) is 4.90 Å². The van der Waals surface area contributed by atoms with Crippen LogP contribution in [-0.4, -0.2) is 72.2 Å². The summed E-state index contributed by atoms with van der Waals surface area (Å²) in [6.45, 7) is 2.28. The molecule has 7 heteroatoms. The molecule has 1 unspecified atom stereocenters. The maximum atomic E-state index is 12.1. The third-order valence-corrected chi connectivity index (χ3v) is 3.89. The van der Waals surface area contributed by atoms with Crippen molar-refractivity contribution in [3.63, 3.8) is 0 Å². The molecule has 1 fully saturated rings. The summed E-state index contributed by atoms with van der Waals surface area (Å²) in [7, 11) is 5.47. The first-order chi connectivity index (χ1) is 9.05. The number of carbonyl (C=O) groups excluding carboxylic acids is 2. The highest BCUT2D eigenvalue weighted by molar-refractivity contribution is 5.86. The van der Waals surface area contributed by atoms with Gasteiger partial charge < -0.3 is 19.8 Å². The maximum Gasteiger partial charge on any atom is 0.311 e. The lowest BCUT2D eigenvalue weighted by molar-refractivity contribution is -0.924. The average molecular weight is 286 g/mol. The molecule has 20 heavy (non-hydrogen) atoms. The number of carbonyl (C=O) groups is 3. The second-order valence-electron chi connectivity index (χ2n) is 6.32. The Morgan fingerprint density at radius 1 is 1.40 bits per heavy atom. The number of carboxylic acid groups (broad SMARTS) is 1. The van der Waals surface area contributed by atoms with Gasteiger partial charge in [-0.2, -0.15) is 0 Å². The van der Waals surface area contributed by atoms with Crippen LogP contribution in [0.5, 0.6) is 0 Å². The number of aliphatic carboxylic acids is 1. The van der Waals surface area contributed by atoms with Crippen LogP contribution < -0.4 is 5.32 Å². The van der Waals surface area contributed by atoms with Crippen LogP contribution in [0.25, 0.3) is 0 Å². The van der Waals surface area contributed by atoms with Crippen molar-refractivity contribution in [2.24, 2.45) is 0 Å². The molecule has 0 radical (unpaired) electrons. The van der Waals surface area contributed by atoms with Crippen molar-refractivity contribution in [1.82, 2.24) is 10.2 Å². The van der Waals surface area contributed by atoms with Gasteiger partial charge in [0.25, 0.3) is 0 Å². The lowest BCUT2D eigenvalue weighted by Crippen LogP contribution is -2.66. The number of nitrogens with zero attached hydrogens (tertiary/aromatic N) is 2. The Balaban J connectivity index is 2.72. The molecule has 1 aliphatic rings. The number of carboxylic acids is 1. The van der Waals surface area contributed by atoms with E-state index < -0.39 is 11.6 Å². The van der Waals surface area contributed by atoms with E-state index in [0.29, 0.717) is 13.0 Å². The van der Waals surface area contributed by atoms with E-state index in [4.69, 9.17) is 5.11 Å². The van der Waals surface area contributed by atoms with Gasteiger partial charge in [-0.1, -0.05) is 0 Å². The molecule has 114 valence electrons. The summed E-state index contributed by atoms with van der Waals surface area (Å²) < 4.78 is 0.277. The van der Waals surface area contributed by atoms with E-state index >= 15 is 0 Å². The zero-order valence-electron chi connectivity index (χ0n) is 12.6. The van der Waals surface area contributed by atoms with Crippen LogP contribution in [0.3, 0.4) is 0 Å². The highest BCUT2D eigenvalue weighted by atomic mass is 16.4. The molecular weight excluding hydrogens is 262 g/mol. The Morgan fingerprint density at radius 2 is 2.00 bits per heavy atom. The van der Waals surface area contributed by atoms with Gasteiger partial charge in [0.1, 0.15) is 6.42 Å². The number of quaternary nitrogens is 1. The molecular formula is C13H24N3O4+. The minimum Gasteiger partial charge on any atom is -0.481 e. The Labute approximate surface area is 119 Å². The van der Waals surface area contributed by atoms with Crippen LogP contribution in [0, 0.1) is 0 Å². The van der Waals surface area contributed by atoms with Crippen molar-refractivity contribution < 1.29 is 24.0 Å². The monoisotopic (exact) mass is 286 g/mol. The van der Waals surface area contributed by atoms with Gasteiger partial charge >= 0.3 is 5.97 Å². The molecule has 0 aromatic carbocycles. The largest absolute Gasteiger partial charge is 0.481 e. The van der Waals surface area contributed by atoms with Crippen LogP contribution in [-0.2, 0) is 14.4 Å². The van der Waals surface area contributed by atoms with Crippen LogP contribution >= 0.6 is 0 Å². The van der Waals surface area contributed by atoms with Gasteiger partial charge in [-0.05, 0) is 6.42 Å². The van der Waals surface area contributed by atoms with E-state index in [-0.39, 0.29) is 29.3 Å². The molecule has 0 aromatic heterocycles. The van der Waals surface area contributed by atoms with Crippen LogP contribution in [0.2, 0.25) is 0 Å². The Morgan fingerprint density at radius 3 is 2.40 bits per heavy atom. The normalized spacial score (nSPS) is 18.8. The summed E-state index contributed by atoms with van der Waals surface area (Å²) in [4.78, 5) is 36.1. The summed E-state index contributed by atoms with van der Waals surface area (Å²) in [5.74, 6) is -1.32. The molecule has 1 saturated heterocycles. The third-order valence-electron chi connectivity index (χ3n) is 3.89. The molecule has 0 spiro atoms. The van der Waals surface area contributed by atoms with Crippen LogP contribution in [0.4, 0.5) is 0 Å². The standard InChI is InChI=1S/C13H23N3O4/c1-13(8-12(19)20,16(2,3)4)14-10(17)9-15-7-5-6-11(15)18/h5-9H2,1-4H3,(H-,14,17,19,20)/p+1. The summed E-state index contributed by atoms with van der Waals surface area (Å²) in [5.41, 5.74) is -0.925. The van der Waals surface area contributed by atoms with Gasteiger partial charge in [-0.25, -0.2) is 0 Å². The minimum atomic E-state index is -0.974. The zero-order chi connectivity index (χ0) is 15.6. The fourth-order valence-corrected chi connectivity index (χ4v) is 2.13. The van der Waals surface area contributed by atoms with Gasteiger partial charge in [0, 0.05) is 19.9 Å². The van der Waals surface area contributed by atoms with Crippen molar-refractivity contribution >= 4 is 17.8 Å². The van der Waals surface area contributed by atoms with Gasteiger partial charge in [-0.3, -0.25) is 14.4 Å². The number of nitrogens with one attached hydrogen (secondary N) is 1. The van der Waals surface area contributed by atoms with Crippen molar-refractivity contribution in [3.8, 4) is 0 Å². The first kappa shape index (κ1) is 16.4. The lowest BCUT2D eigenvalue weighted by Gasteiger charge is -2.43. The van der Waals surface area contributed by atoms with E-state index in [1.54, 1.807) is 6.92 Å². The minimum absolute atomic E-state index is 0.00591. The average Bonchev–Trinajstić information content (AvgIpc) is 2.60. The van der Waals surface area contributed by atoms with Crippen molar-refractivity contribution in [2.45, 2.75) is 31.8 Å².